The van der Waals surface area contributed by atoms with Gasteiger partial charge in [0.05, 0.1) is 6.61 Å². The molecule has 0 bridgehead atoms. The van der Waals surface area contributed by atoms with Crippen LogP contribution in [0.4, 0.5) is 0 Å². The Morgan fingerprint density at radius 3 is 3.17 bits per heavy atom. The van der Waals surface area contributed by atoms with E-state index in [0.29, 0.717) is 12.2 Å². The number of esters is 1. The van der Waals surface area contributed by atoms with Crippen LogP contribution in [0.25, 0.3) is 0 Å². The number of carbonyl (C=O) groups excluding carboxylic acids is 1. The molecule has 1 aliphatic rings. The highest BCUT2D eigenvalue weighted by atomic mass is 35.5. The first-order valence-electron chi connectivity index (χ1n) is 3.59. The lowest BCUT2D eigenvalue weighted by Crippen LogP contribution is -2.18. The number of fused-ring (bicyclic) bond motifs is 1. The molecule has 4 heteroatoms. The van der Waals surface area contributed by atoms with Crippen LogP contribution in [0.2, 0.25) is 5.15 Å². The summed E-state index contributed by atoms with van der Waals surface area (Å²) in [4.78, 5) is 15.0. The molecular weight excluding hydrogens is 178 g/mol. The Labute approximate surface area is 74.3 Å². The van der Waals surface area contributed by atoms with Crippen LogP contribution in [-0.4, -0.2) is 17.6 Å². The molecule has 3 nitrogen and oxygen atoms in total. The molecule has 1 aromatic rings. The molecule has 0 spiro atoms. The number of nitrogens with zero attached hydrogens (tertiary/aromatic N) is 1. The monoisotopic (exact) mass is 183 g/mol. The molecule has 62 valence electrons. The van der Waals surface area contributed by atoms with Crippen LogP contribution in [0.15, 0.2) is 12.3 Å². The molecule has 1 aromatic heterocycles. The largest absolute Gasteiger partial charge is 0.462 e. The third-order valence-corrected chi connectivity index (χ3v) is 2.09. The summed E-state index contributed by atoms with van der Waals surface area (Å²) in [7, 11) is 0. The SMILES string of the molecule is O=C1OCCc2ccnc(Cl)c21. The van der Waals surface area contributed by atoms with Crippen LogP contribution in [0.5, 0.6) is 0 Å². The second-order valence-electron chi connectivity index (χ2n) is 2.52. The zero-order valence-corrected chi connectivity index (χ0v) is 6.97. The third-order valence-electron chi connectivity index (χ3n) is 1.80. The topological polar surface area (TPSA) is 39.2 Å². The van der Waals surface area contributed by atoms with Crippen LogP contribution in [0, 0.1) is 0 Å². The van der Waals surface area contributed by atoms with Crippen molar-refractivity contribution in [1.82, 2.24) is 4.98 Å². The number of pyridine rings is 1. The summed E-state index contributed by atoms with van der Waals surface area (Å²) in [5.41, 5.74) is 1.34. The molecule has 2 heterocycles. The lowest BCUT2D eigenvalue weighted by atomic mass is 10.1. The van der Waals surface area contributed by atoms with Gasteiger partial charge in [0.1, 0.15) is 10.7 Å². The zero-order valence-electron chi connectivity index (χ0n) is 6.21. The normalized spacial score (nSPS) is 15.2. The minimum absolute atomic E-state index is 0.234. The van der Waals surface area contributed by atoms with Crippen molar-refractivity contribution < 1.29 is 9.53 Å². The van der Waals surface area contributed by atoms with Crippen LogP contribution < -0.4 is 0 Å². The van der Waals surface area contributed by atoms with Gasteiger partial charge in [0.2, 0.25) is 0 Å². The predicted molar refractivity (Wildman–Crippen MR) is 43.2 cm³/mol. The molecule has 0 fully saturated rings. The second kappa shape index (κ2) is 2.75. The number of cyclic esters (lactones) is 1. The van der Waals surface area contributed by atoms with Crippen LogP contribution in [-0.2, 0) is 11.2 Å². The van der Waals surface area contributed by atoms with Crippen molar-refractivity contribution in [1.29, 1.82) is 0 Å². The quantitative estimate of drug-likeness (QED) is 0.452. The van der Waals surface area contributed by atoms with Gasteiger partial charge in [0.25, 0.3) is 0 Å². The first kappa shape index (κ1) is 7.55. The van der Waals surface area contributed by atoms with Crippen LogP contribution >= 0.6 is 11.6 Å². The molecule has 1 aliphatic heterocycles. The summed E-state index contributed by atoms with van der Waals surface area (Å²) >= 11 is 5.73. The summed E-state index contributed by atoms with van der Waals surface area (Å²) in [6.07, 6.45) is 2.32. The Kier molecular flexibility index (Phi) is 1.73. The Morgan fingerprint density at radius 2 is 2.42 bits per heavy atom. The maximum absolute atomic E-state index is 11.2. The lowest BCUT2D eigenvalue weighted by Gasteiger charge is -2.15. The maximum Gasteiger partial charge on any atom is 0.341 e. The van der Waals surface area contributed by atoms with E-state index in [9.17, 15) is 4.79 Å². The van der Waals surface area contributed by atoms with Crippen molar-refractivity contribution in [2.24, 2.45) is 0 Å². The molecule has 0 aromatic carbocycles. The van der Waals surface area contributed by atoms with E-state index in [1.165, 1.54) is 0 Å². The van der Waals surface area contributed by atoms with Gasteiger partial charge in [0, 0.05) is 12.6 Å². The summed E-state index contributed by atoms with van der Waals surface area (Å²) in [6, 6.07) is 1.79. The van der Waals surface area contributed by atoms with E-state index in [2.05, 4.69) is 4.98 Å². The van der Waals surface area contributed by atoms with Crippen molar-refractivity contribution in [3.05, 3.63) is 28.5 Å². The van der Waals surface area contributed by atoms with Gasteiger partial charge in [-0.25, -0.2) is 9.78 Å². The average Bonchev–Trinajstić information content (AvgIpc) is 2.04. The fraction of sp³-hybridized carbons (Fsp3) is 0.250. The number of rotatable bonds is 0. The molecule has 0 amide bonds. The van der Waals surface area contributed by atoms with Crippen molar-refractivity contribution in [2.75, 3.05) is 6.61 Å². The molecular formula is C8H6ClNO2. The summed E-state index contributed by atoms with van der Waals surface area (Å²) < 4.78 is 4.82. The van der Waals surface area contributed by atoms with Gasteiger partial charge < -0.3 is 4.74 Å². The van der Waals surface area contributed by atoms with Crippen molar-refractivity contribution in [3.8, 4) is 0 Å². The number of aromatic nitrogens is 1. The Balaban J connectivity index is 2.60. The average molecular weight is 184 g/mol. The molecule has 0 saturated carbocycles. The molecule has 0 atom stereocenters. The van der Waals surface area contributed by atoms with Crippen molar-refractivity contribution >= 4 is 17.6 Å². The minimum Gasteiger partial charge on any atom is -0.462 e. The third kappa shape index (κ3) is 1.06. The van der Waals surface area contributed by atoms with E-state index in [4.69, 9.17) is 16.3 Å². The zero-order chi connectivity index (χ0) is 8.55. The molecule has 0 radical (unpaired) electrons. The van der Waals surface area contributed by atoms with E-state index in [-0.39, 0.29) is 11.1 Å². The molecule has 2 rings (SSSR count). The molecule has 0 N–H and O–H groups in total. The molecule has 0 saturated heterocycles. The van der Waals surface area contributed by atoms with E-state index >= 15 is 0 Å². The number of hydrogen-bond acceptors (Lipinski definition) is 3. The van der Waals surface area contributed by atoms with Crippen LogP contribution in [0.3, 0.4) is 0 Å². The Hall–Kier alpha value is -1.09. The smallest absolute Gasteiger partial charge is 0.341 e. The lowest BCUT2D eigenvalue weighted by molar-refractivity contribution is 0.0480. The van der Waals surface area contributed by atoms with Gasteiger partial charge in [-0.2, -0.15) is 0 Å². The van der Waals surface area contributed by atoms with Gasteiger partial charge in [0.15, 0.2) is 0 Å². The van der Waals surface area contributed by atoms with Gasteiger partial charge in [-0.1, -0.05) is 11.6 Å². The molecule has 0 aliphatic carbocycles. The number of ether oxygens (including phenoxy) is 1. The summed E-state index contributed by atoms with van der Waals surface area (Å²) in [5, 5.41) is 0.234. The van der Waals surface area contributed by atoms with E-state index < -0.39 is 0 Å². The Bertz CT molecular complexity index is 338. The first-order valence-corrected chi connectivity index (χ1v) is 3.97. The highest BCUT2D eigenvalue weighted by molar-refractivity contribution is 6.32. The number of halogens is 1. The van der Waals surface area contributed by atoms with E-state index in [1.54, 1.807) is 12.3 Å². The standard InChI is InChI=1S/C8H6ClNO2/c9-7-6-5(1-3-10-7)2-4-12-8(6)11/h1,3H,2,4H2. The molecule has 12 heavy (non-hydrogen) atoms. The summed E-state index contributed by atoms with van der Waals surface area (Å²) in [5.74, 6) is -0.366. The fourth-order valence-electron chi connectivity index (χ4n) is 1.22. The van der Waals surface area contributed by atoms with Crippen LogP contribution in [0.1, 0.15) is 15.9 Å². The molecule has 0 unspecified atom stereocenters. The van der Waals surface area contributed by atoms with Gasteiger partial charge in [-0.05, 0) is 11.6 Å². The second-order valence-corrected chi connectivity index (χ2v) is 2.88. The maximum atomic E-state index is 11.2. The highest BCUT2D eigenvalue weighted by Gasteiger charge is 2.21. The summed E-state index contributed by atoms with van der Waals surface area (Å²) in [6.45, 7) is 0.437. The van der Waals surface area contributed by atoms with Gasteiger partial charge in [-0.15, -0.1) is 0 Å². The number of carbonyl (C=O) groups is 1. The minimum atomic E-state index is -0.366. The fourth-order valence-corrected chi connectivity index (χ4v) is 1.48. The van der Waals surface area contributed by atoms with Gasteiger partial charge >= 0.3 is 5.97 Å². The predicted octanol–water partition coefficient (Wildman–Crippen LogP) is 1.45. The first-order chi connectivity index (χ1) is 5.79. The number of hydrogen-bond donors (Lipinski definition) is 0. The van der Waals surface area contributed by atoms with Crippen molar-refractivity contribution in [2.45, 2.75) is 6.42 Å². The van der Waals surface area contributed by atoms with Crippen molar-refractivity contribution in [3.63, 3.8) is 0 Å². The van der Waals surface area contributed by atoms with Gasteiger partial charge in [-0.3, -0.25) is 0 Å². The highest BCUT2D eigenvalue weighted by Crippen LogP contribution is 2.22. The van der Waals surface area contributed by atoms with E-state index in [1.807, 2.05) is 0 Å². The van der Waals surface area contributed by atoms with E-state index in [0.717, 1.165) is 12.0 Å². The Morgan fingerprint density at radius 1 is 1.58 bits per heavy atom.